The molecule has 0 aliphatic rings. The lowest BCUT2D eigenvalue weighted by molar-refractivity contribution is 0.273. The summed E-state index contributed by atoms with van der Waals surface area (Å²) >= 11 is 0. The average molecular weight is 389 g/mol. The number of nitrogens with zero attached hydrogens (tertiary/aromatic N) is 2. The van der Waals surface area contributed by atoms with Gasteiger partial charge in [0, 0.05) is 0 Å². The Labute approximate surface area is 169 Å². The zero-order valence-electron chi connectivity index (χ0n) is 16.7. The van der Waals surface area contributed by atoms with E-state index in [2.05, 4.69) is 29.9 Å². The molecule has 3 aromatic rings. The second-order valence-corrected chi connectivity index (χ2v) is 7.04. The number of nitrogens with one attached hydrogen (secondary N) is 1. The normalized spacial score (nSPS) is 11.5. The van der Waals surface area contributed by atoms with E-state index >= 15 is 0 Å². The molecule has 0 fully saturated rings. The van der Waals surface area contributed by atoms with Crippen molar-refractivity contribution >= 4 is 22.6 Å². The van der Waals surface area contributed by atoms with Gasteiger partial charge in [0.1, 0.15) is 6.07 Å². The van der Waals surface area contributed by atoms with Gasteiger partial charge >= 0.3 is 0 Å². The number of para-hydroxylation sites is 1. The summed E-state index contributed by atoms with van der Waals surface area (Å²) in [5.41, 5.74) is 1.26. The van der Waals surface area contributed by atoms with E-state index in [1.54, 1.807) is 43.5 Å². The third kappa shape index (κ3) is 4.82. The van der Waals surface area contributed by atoms with Crippen molar-refractivity contribution in [3.05, 3.63) is 64.2 Å². The Hall–Kier alpha value is -3.59. The highest BCUT2D eigenvalue weighted by Gasteiger charge is 2.10. The number of allylic oxidation sites excluding steroid dienone is 1. The van der Waals surface area contributed by atoms with E-state index < -0.39 is 0 Å². The monoisotopic (exact) mass is 389 g/mol. The molecule has 0 bridgehead atoms. The van der Waals surface area contributed by atoms with Crippen molar-refractivity contribution in [3.63, 3.8) is 0 Å². The fourth-order valence-electron chi connectivity index (χ4n) is 2.83. The van der Waals surface area contributed by atoms with Crippen molar-refractivity contribution in [3.8, 4) is 17.6 Å². The van der Waals surface area contributed by atoms with Gasteiger partial charge in [0.2, 0.25) is 0 Å². The number of hydrogen-bond donors (Lipinski definition) is 1. The maximum absolute atomic E-state index is 12.3. The molecule has 148 valence electrons. The van der Waals surface area contributed by atoms with E-state index in [1.165, 1.54) is 0 Å². The zero-order chi connectivity index (χ0) is 20.8. The van der Waals surface area contributed by atoms with Crippen LogP contribution in [0.4, 0.5) is 0 Å². The van der Waals surface area contributed by atoms with Gasteiger partial charge in [-0.2, -0.15) is 5.26 Å². The molecule has 3 rings (SSSR count). The van der Waals surface area contributed by atoms with Gasteiger partial charge in [-0.1, -0.05) is 32.0 Å². The van der Waals surface area contributed by atoms with Crippen LogP contribution in [-0.2, 0) is 0 Å². The molecular weight excluding hydrogens is 366 g/mol. The van der Waals surface area contributed by atoms with E-state index in [-0.39, 0.29) is 17.0 Å². The van der Waals surface area contributed by atoms with Crippen LogP contribution < -0.4 is 15.0 Å². The number of methoxy groups -OCH3 is 1. The number of ether oxygens (including phenoxy) is 2. The Morgan fingerprint density at radius 1 is 1.24 bits per heavy atom. The Morgan fingerprint density at radius 3 is 2.76 bits per heavy atom. The van der Waals surface area contributed by atoms with E-state index in [4.69, 9.17) is 9.47 Å². The summed E-state index contributed by atoms with van der Waals surface area (Å²) in [5, 5.41) is 10.1. The topological polar surface area (TPSA) is 88.0 Å². The maximum Gasteiger partial charge on any atom is 0.259 e. The molecule has 2 aromatic carbocycles. The SMILES string of the molecule is COc1cc(/C=C(\C#N)c2nc3ccccc3c(=O)[nH]2)ccc1OCCC(C)C. The summed E-state index contributed by atoms with van der Waals surface area (Å²) in [5.74, 6) is 2.02. The molecular formula is C23H23N3O3. The minimum atomic E-state index is -0.279. The van der Waals surface area contributed by atoms with Crippen LogP contribution in [0.3, 0.4) is 0 Å². The highest BCUT2D eigenvalue weighted by Crippen LogP contribution is 2.30. The number of benzene rings is 2. The molecule has 29 heavy (non-hydrogen) atoms. The standard InChI is InChI=1S/C23H23N3O3/c1-15(2)10-11-29-20-9-8-16(13-21(20)28-3)12-17(14-24)22-25-19-7-5-4-6-18(19)23(27)26-22/h4-9,12-13,15H,10-11H2,1-3H3,(H,25,26,27)/b17-12+. The fourth-order valence-corrected chi connectivity index (χ4v) is 2.83. The summed E-state index contributed by atoms with van der Waals surface area (Å²) in [6, 6.07) is 14.6. The zero-order valence-corrected chi connectivity index (χ0v) is 16.7. The first-order valence-electron chi connectivity index (χ1n) is 9.44. The number of nitriles is 1. The molecule has 0 aliphatic heterocycles. The highest BCUT2D eigenvalue weighted by molar-refractivity contribution is 5.89. The number of hydrogen-bond acceptors (Lipinski definition) is 5. The first kappa shape index (κ1) is 20.2. The quantitative estimate of drug-likeness (QED) is 0.604. The predicted octanol–water partition coefficient (Wildman–Crippen LogP) is 4.42. The van der Waals surface area contributed by atoms with Crippen molar-refractivity contribution in [2.24, 2.45) is 5.92 Å². The van der Waals surface area contributed by atoms with Crippen LogP contribution in [0, 0.1) is 17.2 Å². The molecule has 0 unspecified atom stereocenters. The van der Waals surface area contributed by atoms with Crippen LogP contribution in [0.15, 0.2) is 47.3 Å². The van der Waals surface area contributed by atoms with Crippen LogP contribution in [-0.4, -0.2) is 23.7 Å². The van der Waals surface area contributed by atoms with Gasteiger partial charge in [0.15, 0.2) is 17.3 Å². The van der Waals surface area contributed by atoms with Gasteiger partial charge in [-0.3, -0.25) is 4.79 Å². The van der Waals surface area contributed by atoms with E-state index in [0.717, 1.165) is 12.0 Å². The van der Waals surface area contributed by atoms with Gasteiger partial charge in [-0.05, 0) is 48.2 Å². The van der Waals surface area contributed by atoms with Crippen LogP contribution in [0.2, 0.25) is 0 Å². The Bertz CT molecular complexity index is 1140. The van der Waals surface area contributed by atoms with Gasteiger partial charge in [-0.25, -0.2) is 4.98 Å². The first-order chi connectivity index (χ1) is 14.0. The van der Waals surface area contributed by atoms with Crippen LogP contribution in [0.5, 0.6) is 11.5 Å². The molecule has 0 atom stereocenters. The highest BCUT2D eigenvalue weighted by atomic mass is 16.5. The number of fused-ring (bicyclic) bond motifs is 1. The van der Waals surface area contributed by atoms with Crippen molar-refractivity contribution in [2.75, 3.05) is 13.7 Å². The second kappa shape index (κ2) is 9.07. The molecule has 0 radical (unpaired) electrons. The second-order valence-electron chi connectivity index (χ2n) is 7.04. The lowest BCUT2D eigenvalue weighted by atomic mass is 10.1. The third-order valence-electron chi connectivity index (χ3n) is 4.44. The fraction of sp³-hybridized carbons (Fsp3) is 0.261. The molecule has 1 heterocycles. The van der Waals surface area contributed by atoms with E-state index in [9.17, 15) is 10.1 Å². The molecule has 0 spiro atoms. The Kier molecular flexibility index (Phi) is 6.30. The smallest absolute Gasteiger partial charge is 0.259 e. The molecule has 1 N–H and O–H groups in total. The molecule has 0 aliphatic carbocycles. The number of H-pyrrole nitrogens is 1. The van der Waals surface area contributed by atoms with Crippen molar-refractivity contribution < 1.29 is 9.47 Å². The molecule has 0 amide bonds. The van der Waals surface area contributed by atoms with Crippen LogP contribution >= 0.6 is 0 Å². The molecule has 0 saturated heterocycles. The minimum absolute atomic E-state index is 0.229. The third-order valence-corrected chi connectivity index (χ3v) is 4.44. The number of aromatic amines is 1. The summed E-state index contributed by atoms with van der Waals surface area (Å²) < 4.78 is 11.2. The van der Waals surface area contributed by atoms with Crippen LogP contribution in [0.1, 0.15) is 31.7 Å². The van der Waals surface area contributed by atoms with Gasteiger partial charge in [-0.15, -0.1) is 0 Å². The predicted molar refractivity (Wildman–Crippen MR) is 114 cm³/mol. The van der Waals surface area contributed by atoms with Crippen molar-refractivity contribution in [2.45, 2.75) is 20.3 Å². The number of rotatable bonds is 7. The number of aromatic nitrogens is 2. The summed E-state index contributed by atoms with van der Waals surface area (Å²) in [7, 11) is 1.58. The van der Waals surface area contributed by atoms with Gasteiger partial charge in [0.05, 0.1) is 30.2 Å². The van der Waals surface area contributed by atoms with Crippen LogP contribution in [0.25, 0.3) is 22.6 Å². The largest absolute Gasteiger partial charge is 0.493 e. The minimum Gasteiger partial charge on any atom is -0.493 e. The molecule has 6 nitrogen and oxygen atoms in total. The summed E-state index contributed by atoms with van der Waals surface area (Å²) in [4.78, 5) is 19.4. The van der Waals surface area contributed by atoms with Gasteiger partial charge < -0.3 is 14.5 Å². The Morgan fingerprint density at radius 2 is 2.03 bits per heavy atom. The lowest BCUT2D eigenvalue weighted by Gasteiger charge is -2.12. The Balaban J connectivity index is 1.93. The molecule has 0 saturated carbocycles. The van der Waals surface area contributed by atoms with E-state index in [0.29, 0.717) is 34.9 Å². The lowest BCUT2D eigenvalue weighted by Crippen LogP contribution is -2.11. The van der Waals surface area contributed by atoms with Gasteiger partial charge in [0.25, 0.3) is 5.56 Å². The average Bonchev–Trinajstić information content (AvgIpc) is 2.72. The van der Waals surface area contributed by atoms with E-state index in [1.807, 2.05) is 12.1 Å². The van der Waals surface area contributed by atoms with Crippen molar-refractivity contribution in [1.29, 1.82) is 5.26 Å². The first-order valence-corrected chi connectivity index (χ1v) is 9.44. The maximum atomic E-state index is 12.3. The molecule has 6 heteroatoms. The van der Waals surface area contributed by atoms with Crippen molar-refractivity contribution in [1.82, 2.24) is 9.97 Å². The summed E-state index contributed by atoms with van der Waals surface area (Å²) in [6.45, 7) is 4.89. The summed E-state index contributed by atoms with van der Waals surface area (Å²) in [6.07, 6.45) is 2.61. The molecule has 1 aromatic heterocycles.